The van der Waals surface area contributed by atoms with E-state index in [4.69, 9.17) is 0 Å². The first-order chi connectivity index (χ1) is 13.7. The van der Waals surface area contributed by atoms with E-state index in [1.807, 2.05) is 24.4 Å². The maximum Gasteiger partial charge on any atom is 0.253 e. The number of nitrogens with zero attached hydrogens (tertiary/aromatic N) is 2. The fraction of sp³-hybridized carbons (Fsp3) is 0.261. The molecule has 1 spiro atoms. The fourth-order valence-corrected chi connectivity index (χ4v) is 4.70. The van der Waals surface area contributed by atoms with Gasteiger partial charge in [-0.15, -0.1) is 0 Å². The van der Waals surface area contributed by atoms with Crippen molar-refractivity contribution in [3.05, 3.63) is 64.5 Å². The number of benzene rings is 1. The number of hydrogen-bond acceptors (Lipinski definition) is 3. The third kappa shape index (κ3) is 2.18. The average molecular weight is 366 g/mol. The number of aromatic nitrogens is 2. The van der Waals surface area contributed by atoms with Crippen molar-refractivity contribution in [1.29, 1.82) is 5.26 Å². The number of carbonyl (C=O) groups is 1. The van der Waals surface area contributed by atoms with Crippen molar-refractivity contribution in [3.63, 3.8) is 0 Å². The monoisotopic (exact) mass is 366 g/mol. The molecule has 5 nitrogen and oxygen atoms in total. The highest BCUT2D eigenvalue weighted by atomic mass is 16.2. The number of H-pyrrole nitrogens is 1. The second-order valence-electron chi connectivity index (χ2n) is 8.16. The summed E-state index contributed by atoms with van der Waals surface area (Å²) in [5, 5.41) is 12.4. The molecule has 3 heterocycles. The molecule has 1 amide bonds. The summed E-state index contributed by atoms with van der Waals surface area (Å²) in [4.78, 5) is 21.0. The predicted octanol–water partition coefficient (Wildman–Crippen LogP) is 3.53. The van der Waals surface area contributed by atoms with Crippen molar-refractivity contribution in [2.75, 3.05) is 0 Å². The Bertz CT molecular complexity index is 1210. The van der Waals surface area contributed by atoms with E-state index in [0.29, 0.717) is 5.56 Å². The summed E-state index contributed by atoms with van der Waals surface area (Å²) in [5.41, 5.74) is 8.89. The van der Waals surface area contributed by atoms with Crippen LogP contribution in [0.2, 0.25) is 0 Å². The van der Waals surface area contributed by atoms with E-state index < -0.39 is 0 Å². The van der Waals surface area contributed by atoms with Gasteiger partial charge in [0.05, 0.1) is 28.6 Å². The minimum atomic E-state index is 0.00149. The lowest BCUT2D eigenvalue weighted by Crippen LogP contribution is -2.43. The molecular weight excluding hydrogens is 348 g/mol. The van der Waals surface area contributed by atoms with Gasteiger partial charge in [0.2, 0.25) is 0 Å². The minimum Gasteiger partial charge on any atom is -0.357 e. The normalized spacial score (nSPS) is 17.9. The highest BCUT2D eigenvalue weighted by molar-refractivity contribution is 6.01. The molecule has 0 unspecified atom stereocenters. The molecule has 6 rings (SSSR count). The molecular formula is C23H18N4O. The van der Waals surface area contributed by atoms with Crippen molar-refractivity contribution in [3.8, 4) is 28.6 Å². The zero-order valence-electron chi connectivity index (χ0n) is 15.3. The number of rotatable bonds is 1. The van der Waals surface area contributed by atoms with Crippen LogP contribution < -0.4 is 5.32 Å². The van der Waals surface area contributed by atoms with Crippen LogP contribution >= 0.6 is 0 Å². The average Bonchev–Trinajstić information content (AvgIpc) is 3.34. The molecule has 0 bridgehead atoms. The van der Waals surface area contributed by atoms with Crippen molar-refractivity contribution in [1.82, 2.24) is 15.3 Å². The quantitative estimate of drug-likeness (QED) is 0.691. The van der Waals surface area contributed by atoms with Gasteiger partial charge in [0, 0.05) is 35.0 Å². The van der Waals surface area contributed by atoms with E-state index in [-0.39, 0.29) is 11.4 Å². The first-order valence-electron chi connectivity index (χ1n) is 9.72. The Hall–Kier alpha value is -3.39. The Morgan fingerprint density at radius 3 is 2.89 bits per heavy atom. The molecule has 2 aliphatic carbocycles. The number of amides is 1. The van der Waals surface area contributed by atoms with Crippen LogP contribution in [0, 0.1) is 11.3 Å². The van der Waals surface area contributed by atoms with Gasteiger partial charge < -0.3 is 10.3 Å². The Kier molecular flexibility index (Phi) is 2.98. The van der Waals surface area contributed by atoms with Gasteiger partial charge in [-0.2, -0.15) is 5.26 Å². The molecule has 1 fully saturated rings. The van der Waals surface area contributed by atoms with Crippen molar-refractivity contribution >= 4 is 5.91 Å². The highest BCUT2D eigenvalue weighted by Gasteiger charge is 2.49. The number of aromatic amines is 1. The number of hydrogen-bond donors (Lipinski definition) is 2. The summed E-state index contributed by atoms with van der Waals surface area (Å²) in [5.74, 6) is 0.0794. The lowest BCUT2D eigenvalue weighted by molar-refractivity contribution is 0.0917. The lowest BCUT2D eigenvalue weighted by Gasteiger charge is -2.24. The summed E-state index contributed by atoms with van der Waals surface area (Å²) in [6, 6.07) is 11.8. The SMILES string of the molecule is N#Cc1cccc(-c2cc3c(cn2)CCc2c-3[nH]c3c2C(=O)NC2(CC2)C3)c1. The number of nitriles is 1. The predicted molar refractivity (Wildman–Crippen MR) is 105 cm³/mol. The molecule has 3 aromatic rings. The maximum atomic E-state index is 12.8. The van der Waals surface area contributed by atoms with Gasteiger partial charge >= 0.3 is 0 Å². The maximum absolute atomic E-state index is 12.8. The van der Waals surface area contributed by atoms with E-state index in [1.54, 1.807) is 6.07 Å². The number of nitrogens with one attached hydrogen (secondary N) is 2. The standard InChI is InChI=1S/C23H18N4O/c24-11-13-2-1-3-14(8-13)18-9-17-15(12-25-18)4-5-16-20-19(26-21(16)17)10-23(6-7-23)27-22(20)28/h1-3,8-9,12,26H,4-7,10H2,(H,27,28). The summed E-state index contributed by atoms with van der Waals surface area (Å²) < 4.78 is 0. The Morgan fingerprint density at radius 1 is 1.18 bits per heavy atom. The van der Waals surface area contributed by atoms with Crippen LogP contribution in [0.3, 0.4) is 0 Å². The number of aryl methyl sites for hydroxylation is 1. The molecule has 2 aromatic heterocycles. The molecule has 1 aromatic carbocycles. The first-order valence-corrected chi connectivity index (χ1v) is 9.72. The molecule has 0 atom stereocenters. The smallest absolute Gasteiger partial charge is 0.253 e. The Labute approximate surface area is 162 Å². The zero-order valence-corrected chi connectivity index (χ0v) is 15.3. The summed E-state index contributed by atoms with van der Waals surface area (Å²) in [6.07, 6.45) is 6.73. The van der Waals surface area contributed by atoms with E-state index in [9.17, 15) is 10.1 Å². The number of pyridine rings is 1. The number of fused-ring (bicyclic) bond motifs is 5. The van der Waals surface area contributed by atoms with Crippen LogP contribution in [0.5, 0.6) is 0 Å². The third-order valence-electron chi connectivity index (χ3n) is 6.34. The van der Waals surface area contributed by atoms with Gasteiger partial charge in [-0.3, -0.25) is 9.78 Å². The third-order valence-corrected chi connectivity index (χ3v) is 6.34. The highest BCUT2D eigenvalue weighted by Crippen LogP contribution is 2.45. The molecule has 28 heavy (non-hydrogen) atoms. The molecule has 136 valence electrons. The summed E-state index contributed by atoms with van der Waals surface area (Å²) >= 11 is 0. The number of carbonyl (C=O) groups excluding carboxylic acids is 1. The van der Waals surface area contributed by atoms with Crippen LogP contribution in [0.1, 0.15) is 45.6 Å². The van der Waals surface area contributed by atoms with Gasteiger partial charge in [-0.05, 0) is 55.0 Å². The summed E-state index contributed by atoms with van der Waals surface area (Å²) in [6.45, 7) is 0. The van der Waals surface area contributed by atoms with E-state index in [2.05, 4.69) is 27.4 Å². The second kappa shape index (κ2) is 5.32. The van der Waals surface area contributed by atoms with Crippen LogP contribution in [-0.4, -0.2) is 21.4 Å². The topological polar surface area (TPSA) is 81.6 Å². The molecule has 1 aliphatic heterocycles. The van der Waals surface area contributed by atoms with Crippen LogP contribution in [0.4, 0.5) is 0 Å². The van der Waals surface area contributed by atoms with Gasteiger partial charge in [0.1, 0.15) is 0 Å². The molecule has 3 aliphatic rings. The van der Waals surface area contributed by atoms with Crippen LogP contribution in [0.25, 0.3) is 22.5 Å². The van der Waals surface area contributed by atoms with Gasteiger partial charge in [0.15, 0.2) is 0 Å². The van der Waals surface area contributed by atoms with Crippen molar-refractivity contribution in [2.45, 2.75) is 37.6 Å². The Balaban J connectivity index is 1.49. The van der Waals surface area contributed by atoms with E-state index in [1.165, 1.54) is 5.56 Å². The summed E-state index contributed by atoms with van der Waals surface area (Å²) in [7, 11) is 0. The molecule has 1 saturated carbocycles. The van der Waals surface area contributed by atoms with E-state index >= 15 is 0 Å². The van der Waals surface area contributed by atoms with Crippen LogP contribution in [-0.2, 0) is 19.3 Å². The van der Waals surface area contributed by atoms with Gasteiger partial charge in [-0.25, -0.2) is 0 Å². The zero-order chi connectivity index (χ0) is 18.9. The van der Waals surface area contributed by atoms with Gasteiger partial charge in [-0.1, -0.05) is 12.1 Å². The van der Waals surface area contributed by atoms with Gasteiger partial charge in [0.25, 0.3) is 5.91 Å². The van der Waals surface area contributed by atoms with Crippen molar-refractivity contribution < 1.29 is 4.79 Å². The molecule has 2 N–H and O–H groups in total. The molecule has 0 radical (unpaired) electrons. The minimum absolute atomic E-state index is 0.00149. The second-order valence-corrected chi connectivity index (χ2v) is 8.16. The van der Waals surface area contributed by atoms with Crippen LogP contribution in [0.15, 0.2) is 36.5 Å². The first kappa shape index (κ1) is 15.6. The molecule has 0 saturated heterocycles. The largest absolute Gasteiger partial charge is 0.357 e. The van der Waals surface area contributed by atoms with Crippen molar-refractivity contribution in [2.24, 2.45) is 0 Å². The molecule has 5 heteroatoms. The van der Waals surface area contributed by atoms with E-state index in [0.717, 1.165) is 71.4 Å². The Morgan fingerprint density at radius 2 is 2.07 bits per heavy atom. The lowest BCUT2D eigenvalue weighted by atomic mass is 9.87. The fourth-order valence-electron chi connectivity index (χ4n) is 4.70.